The molecule has 0 fully saturated rings. The van der Waals surface area contributed by atoms with Crippen molar-refractivity contribution in [2.45, 2.75) is 13.3 Å². The molecule has 4 rings (SSSR count). The molecule has 13 heteroatoms. The number of halogens is 2. The molecule has 0 aliphatic heterocycles. The maximum Gasteiger partial charge on any atom is 0.294 e. The van der Waals surface area contributed by atoms with Crippen LogP contribution in [0.5, 0.6) is 5.75 Å². The summed E-state index contributed by atoms with van der Waals surface area (Å²) in [4.78, 5) is 12.8. The number of hydrogen-bond acceptors (Lipinski definition) is 9. The number of anilines is 1. The van der Waals surface area contributed by atoms with Gasteiger partial charge in [-0.05, 0) is 59.2 Å². The number of carbonyl (C=O) groups is 1. The standard InChI is InChI=1S/C21H18F2N8O3/c1-2-9-33-15-6-3-12(4-7-15)18-17(26-30-31(18)20-19(24)28-34-29-20)21(32)27-25-11-13-10-14(22)5-8-16(13)23/h3-8,10-11H,2,9H2,1H3,(H2,24,28)(H,27,32). The Balaban J connectivity index is 1.66. The summed E-state index contributed by atoms with van der Waals surface area (Å²) in [6, 6.07) is 9.71. The first kappa shape index (κ1) is 22.5. The van der Waals surface area contributed by atoms with E-state index in [2.05, 4.69) is 35.8 Å². The molecule has 0 saturated carbocycles. The number of aromatic nitrogens is 5. The van der Waals surface area contributed by atoms with Gasteiger partial charge in [0.1, 0.15) is 23.1 Å². The van der Waals surface area contributed by atoms with E-state index in [1.54, 1.807) is 24.3 Å². The fraction of sp³-hybridized carbons (Fsp3) is 0.143. The number of nitrogen functional groups attached to an aromatic ring is 1. The van der Waals surface area contributed by atoms with Gasteiger partial charge in [-0.1, -0.05) is 12.1 Å². The highest BCUT2D eigenvalue weighted by Crippen LogP contribution is 2.28. The summed E-state index contributed by atoms with van der Waals surface area (Å²) < 4.78 is 38.5. The lowest BCUT2D eigenvalue weighted by Gasteiger charge is -2.08. The molecule has 174 valence electrons. The molecule has 1 amide bonds. The van der Waals surface area contributed by atoms with Crippen LogP contribution in [0.2, 0.25) is 0 Å². The Morgan fingerprint density at radius 1 is 1.24 bits per heavy atom. The van der Waals surface area contributed by atoms with Crippen molar-refractivity contribution >= 4 is 17.9 Å². The Morgan fingerprint density at radius 3 is 2.74 bits per heavy atom. The normalized spacial score (nSPS) is 11.1. The van der Waals surface area contributed by atoms with Crippen LogP contribution in [-0.2, 0) is 0 Å². The highest BCUT2D eigenvalue weighted by Gasteiger charge is 2.25. The maximum atomic E-state index is 13.8. The summed E-state index contributed by atoms with van der Waals surface area (Å²) >= 11 is 0. The van der Waals surface area contributed by atoms with Crippen molar-refractivity contribution in [1.29, 1.82) is 0 Å². The molecule has 0 unspecified atom stereocenters. The van der Waals surface area contributed by atoms with E-state index in [1.165, 1.54) is 4.68 Å². The fourth-order valence-corrected chi connectivity index (χ4v) is 2.94. The third-order valence-corrected chi connectivity index (χ3v) is 4.51. The second-order valence-corrected chi connectivity index (χ2v) is 6.91. The Bertz CT molecular complexity index is 1330. The van der Waals surface area contributed by atoms with Crippen molar-refractivity contribution in [3.05, 3.63) is 65.4 Å². The molecule has 0 aliphatic rings. The number of hydrazone groups is 1. The first-order valence-electron chi connectivity index (χ1n) is 10.0. The molecule has 11 nitrogen and oxygen atoms in total. The van der Waals surface area contributed by atoms with Gasteiger partial charge >= 0.3 is 0 Å². The molecule has 0 spiro atoms. The minimum Gasteiger partial charge on any atom is -0.494 e. The van der Waals surface area contributed by atoms with Gasteiger partial charge in [-0.25, -0.2) is 18.8 Å². The van der Waals surface area contributed by atoms with E-state index >= 15 is 0 Å². The van der Waals surface area contributed by atoms with Gasteiger partial charge in [0, 0.05) is 11.1 Å². The topological polar surface area (TPSA) is 146 Å². The first-order valence-corrected chi connectivity index (χ1v) is 10.0. The molecule has 0 saturated heterocycles. The van der Waals surface area contributed by atoms with Gasteiger partial charge in [0.25, 0.3) is 5.91 Å². The van der Waals surface area contributed by atoms with Gasteiger partial charge in [-0.15, -0.1) is 5.10 Å². The molecule has 4 aromatic rings. The summed E-state index contributed by atoms with van der Waals surface area (Å²) in [6.07, 6.45) is 1.82. The summed E-state index contributed by atoms with van der Waals surface area (Å²) in [5.74, 6) is -1.52. The molecule has 2 aromatic carbocycles. The molecule has 0 bridgehead atoms. The third-order valence-electron chi connectivity index (χ3n) is 4.51. The summed E-state index contributed by atoms with van der Waals surface area (Å²) in [5, 5.41) is 18.8. The fourth-order valence-electron chi connectivity index (χ4n) is 2.94. The number of carbonyl (C=O) groups excluding carboxylic acids is 1. The number of rotatable bonds is 8. The largest absolute Gasteiger partial charge is 0.494 e. The molecule has 3 N–H and O–H groups in total. The number of amides is 1. The molecule has 2 heterocycles. The van der Waals surface area contributed by atoms with E-state index in [1.807, 2.05) is 6.92 Å². The molecule has 0 atom stereocenters. The predicted octanol–water partition coefficient (Wildman–Crippen LogP) is 2.73. The van der Waals surface area contributed by atoms with Crippen molar-refractivity contribution in [2.75, 3.05) is 12.3 Å². The SMILES string of the molecule is CCCOc1ccc(-c2c(C(=O)NN=Cc3cc(F)ccc3F)nnn2-c2nonc2N)cc1. The van der Waals surface area contributed by atoms with E-state index in [9.17, 15) is 13.6 Å². The van der Waals surface area contributed by atoms with Crippen molar-refractivity contribution in [2.24, 2.45) is 5.10 Å². The average molecular weight is 468 g/mol. The van der Waals surface area contributed by atoms with Gasteiger partial charge in [0.2, 0.25) is 11.6 Å². The Hall–Kier alpha value is -4.68. The predicted molar refractivity (Wildman–Crippen MR) is 116 cm³/mol. The van der Waals surface area contributed by atoms with Crippen molar-refractivity contribution in [3.8, 4) is 22.8 Å². The maximum absolute atomic E-state index is 13.8. The van der Waals surface area contributed by atoms with Crippen LogP contribution in [0.4, 0.5) is 14.6 Å². The van der Waals surface area contributed by atoms with E-state index < -0.39 is 17.5 Å². The number of nitrogens with zero attached hydrogens (tertiary/aromatic N) is 6. The first-order chi connectivity index (χ1) is 16.5. The van der Waals surface area contributed by atoms with Gasteiger partial charge in [-0.3, -0.25) is 4.79 Å². The minimum atomic E-state index is -0.768. The van der Waals surface area contributed by atoms with Crippen LogP contribution in [0.3, 0.4) is 0 Å². The van der Waals surface area contributed by atoms with Crippen molar-refractivity contribution in [3.63, 3.8) is 0 Å². The van der Waals surface area contributed by atoms with Crippen molar-refractivity contribution < 1.29 is 22.9 Å². The Labute approximate surface area is 191 Å². The summed E-state index contributed by atoms with van der Waals surface area (Å²) in [5.41, 5.74) is 8.48. The zero-order valence-corrected chi connectivity index (χ0v) is 17.8. The van der Waals surface area contributed by atoms with Gasteiger partial charge in [0.15, 0.2) is 5.69 Å². The number of benzene rings is 2. The molecule has 0 radical (unpaired) electrons. The Morgan fingerprint density at radius 2 is 2.03 bits per heavy atom. The zero-order valence-electron chi connectivity index (χ0n) is 17.8. The highest BCUT2D eigenvalue weighted by molar-refractivity contribution is 5.98. The number of nitrogens with one attached hydrogen (secondary N) is 1. The Kier molecular flexibility index (Phi) is 6.52. The van der Waals surface area contributed by atoms with Gasteiger partial charge in [0.05, 0.1) is 12.8 Å². The monoisotopic (exact) mass is 468 g/mol. The number of hydrogen-bond donors (Lipinski definition) is 2. The molecule has 2 aromatic heterocycles. The van der Waals surface area contributed by atoms with Crippen LogP contribution in [0, 0.1) is 11.6 Å². The summed E-state index contributed by atoms with van der Waals surface area (Å²) in [6.45, 7) is 2.54. The molecule has 0 aliphatic carbocycles. The van der Waals surface area contributed by atoms with Crippen molar-refractivity contribution in [1.82, 2.24) is 30.7 Å². The zero-order chi connectivity index (χ0) is 24.1. The van der Waals surface area contributed by atoms with Crippen LogP contribution in [-0.4, -0.2) is 44.0 Å². The van der Waals surface area contributed by atoms with E-state index in [4.69, 9.17) is 10.5 Å². The van der Waals surface area contributed by atoms with Crippen LogP contribution < -0.4 is 15.9 Å². The molecular formula is C21H18F2N8O3. The second-order valence-electron chi connectivity index (χ2n) is 6.91. The lowest BCUT2D eigenvalue weighted by atomic mass is 10.1. The van der Waals surface area contributed by atoms with E-state index in [0.29, 0.717) is 17.9 Å². The highest BCUT2D eigenvalue weighted by atomic mass is 19.1. The van der Waals surface area contributed by atoms with Crippen LogP contribution >= 0.6 is 0 Å². The third kappa shape index (κ3) is 4.72. The number of ether oxygens (including phenoxy) is 1. The van der Waals surface area contributed by atoms with Gasteiger partial charge in [-0.2, -0.15) is 9.78 Å². The smallest absolute Gasteiger partial charge is 0.294 e. The minimum absolute atomic E-state index is 0.0261. The van der Waals surface area contributed by atoms with Crippen LogP contribution in [0.25, 0.3) is 17.1 Å². The van der Waals surface area contributed by atoms with E-state index in [0.717, 1.165) is 30.8 Å². The molecule has 34 heavy (non-hydrogen) atoms. The lowest BCUT2D eigenvalue weighted by molar-refractivity contribution is 0.0950. The average Bonchev–Trinajstić information content (AvgIpc) is 3.46. The number of nitrogens with two attached hydrogens (primary N) is 1. The van der Waals surface area contributed by atoms with Gasteiger partial charge < -0.3 is 10.5 Å². The second kappa shape index (κ2) is 9.85. The van der Waals surface area contributed by atoms with Crippen LogP contribution in [0.15, 0.2) is 52.2 Å². The quantitative estimate of drug-likeness (QED) is 0.296. The van der Waals surface area contributed by atoms with E-state index in [-0.39, 0.29) is 28.6 Å². The summed E-state index contributed by atoms with van der Waals surface area (Å²) in [7, 11) is 0. The lowest BCUT2D eigenvalue weighted by Crippen LogP contribution is -2.19. The molecular weight excluding hydrogens is 450 g/mol. The van der Waals surface area contributed by atoms with Crippen LogP contribution in [0.1, 0.15) is 29.4 Å².